The van der Waals surface area contributed by atoms with Gasteiger partial charge in [-0.25, -0.2) is 4.57 Å². The van der Waals surface area contributed by atoms with Crippen molar-refractivity contribution in [2.45, 2.75) is 294 Å². The van der Waals surface area contributed by atoms with Crippen LogP contribution in [0.15, 0.2) is 0 Å². The summed E-state index contributed by atoms with van der Waals surface area (Å²) in [6.07, 6.45) is 30.0. The Morgan fingerprint density at radius 3 is 1.03 bits per heavy atom. The lowest BCUT2D eigenvalue weighted by Gasteiger charge is -2.41. The van der Waals surface area contributed by atoms with Gasteiger partial charge in [-0.15, -0.1) is 0 Å². The van der Waals surface area contributed by atoms with E-state index in [-0.39, 0.29) is 12.8 Å². The zero-order valence-electron chi connectivity index (χ0n) is 40.6. The number of unbranched alkanes of at least 4 members (excludes halogenated alkanes) is 33. The molecule has 0 aromatic rings. The van der Waals surface area contributed by atoms with E-state index in [1.54, 1.807) is 0 Å². The molecule has 0 amide bonds. The van der Waals surface area contributed by atoms with Gasteiger partial charge in [-0.1, -0.05) is 226 Å². The van der Waals surface area contributed by atoms with Gasteiger partial charge in [0.15, 0.2) is 6.10 Å². The molecule has 6 N–H and O–H groups in total. The van der Waals surface area contributed by atoms with Crippen LogP contribution in [0.4, 0.5) is 0 Å². The molecule has 0 saturated heterocycles. The molecule has 0 aromatic carbocycles. The van der Waals surface area contributed by atoms with Crippen molar-refractivity contribution in [3.05, 3.63) is 0 Å². The Kier molecular flexibility index (Phi) is 38.9. The molecule has 0 heterocycles. The van der Waals surface area contributed by atoms with Gasteiger partial charge in [0.2, 0.25) is 0 Å². The fraction of sp³-hybridized carbons (Fsp3) is 0.960. The van der Waals surface area contributed by atoms with E-state index in [4.69, 9.17) is 18.5 Å². The summed E-state index contributed by atoms with van der Waals surface area (Å²) in [5.74, 6) is -1.08. The van der Waals surface area contributed by atoms with Crippen LogP contribution in [0.2, 0.25) is 0 Å². The number of ether oxygens (including phenoxy) is 2. The van der Waals surface area contributed by atoms with E-state index in [2.05, 4.69) is 13.8 Å². The number of hydrogen-bond donors (Lipinski definition) is 6. The van der Waals surface area contributed by atoms with Crippen LogP contribution in [0.3, 0.4) is 0 Å². The first-order valence-electron chi connectivity index (χ1n) is 26.3. The highest BCUT2D eigenvalue weighted by atomic mass is 31.2. The predicted octanol–water partition coefficient (Wildman–Crippen LogP) is 11.2. The van der Waals surface area contributed by atoms with Crippen LogP contribution in [0.1, 0.15) is 251 Å². The third-order valence-corrected chi connectivity index (χ3v) is 13.7. The van der Waals surface area contributed by atoms with Crippen molar-refractivity contribution in [2.75, 3.05) is 13.2 Å². The minimum absolute atomic E-state index is 0.105. The first-order chi connectivity index (χ1) is 30.9. The largest absolute Gasteiger partial charge is 0.472 e. The molecule has 0 aromatic heterocycles. The van der Waals surface area contributed by atoms with Crippen LogP contribution in [-0.4, -0.2) is 98.3 Å². The van der Waals surface area contributed by atoms with Crippen LogP contribution in [0.5, 0.6) is 0 Å². The van der Waals surface area contributed by atoms with E-state index in [1.165, 1.54) is 173 Å². The monoisotopic (exact) mass is 937 g/mol. The molecular weight excluding hydrogens is 840 g/mol. The maximum atomic E-state index is 12.8. The molecule has 13 nitrogen and oxygen atoms in total. The van der Waals surface area contributed by atoms with Gasteiger partial charge in [-0.05, 0) is 12.8 Å². The summed E-state index contributed by atoms with van der Waals surface area (Å²) in [5, 5.41) is 50.3. The van der Waals surface area contributed by atoms with Crippen molar-refractivity contribution in [2.24, 2.45) is 0 Å². The van der Waals surface area contributed by atoms with Gasteiger partial charge in [0.1, 0.15) is 43.2 Å². The fourth-order valence-electron chi connectivity index (χ4n) is 8.47. The van der Waals surface area contributed by atoms with Gasteiger partial charge in [0.25, 0.3) is 0 Å². The highest BCUT2D eigenvalue weighted by Crippen LogP contribution is 2.47. The van der Waals surface area contributed by atoms with E-state index < -0.39 is 75.7 Å². The number of phosphoric ester groups is 1. The van der Waals surface area contributed by atoms with Crippen molar-refractivity contribution in [3.63, 3.8) is 0 Å². The molecule has 0 bridgehead atoms. The smallest absolute Gasteiger partial charge is 0.462 e. The molecule has 1 aliphatic carbocycles. The SMILES string of the molecule is CCCCCCCCCCCCCCCCCCCCC(=O)OC[C@H](COP(=O)(O)OC1C(O)C(O)C(O)[C@@H](O)C1O)OC(=O)CCCCCCCCCCCCCCCCCCC. The molecule has 8 atom stereocenters. The molecule has 1 rings (SSSR count). The Morgan fingerprint density at radius 1 is 0.422 bits per heavy atom. The van der Waals surface area contributed by atoms with Gasteiger partial charge in [-0.2, -0.15) is 0 Å². The summed E-state index contributed by atoms with van der Waals surface area (Å²) < 4.78 is 33.7. The minimum Gasteiger partial charge on any atom is -0.462 e. The lowest BCUT2D eigenvalue weighted by atomic mass is 9.85. The molecule has 1 saturated carbocycles. The third-order valence-electron chi connectivity index (χ3n) is 12.7. The predicted molar refractivity (Wildman–Crippen MR) is 254 cm³/mol. The van der Waals surface area contributed by atoms with Crippen LogP contribution in [0, 0.1) is 0 Å². The zero-order chi connectivity index (χ0) is 47.1. The van der Waals surface area contributed by atoms with Crippen LogP contribution >= 0.6 is 7.82 Å². The minimum atomic E-state index is -5.11. The standard InChI is InChI=1S/C50H97O13P/c1-3-5-7-9-11-13-15-17-19-21-23-24-26-28-30-32-34-36-38-43(51)60-40-42(41-61-64(58,59)63-50-48(56)46(54)45(53)47(55)49(50)57)62-44(52)39-37-35-33-31-29-27-25-22-20-18-16-14-12-10-8-6-4-2/h42,45-50,53-57H,3-41H2,1-2H3,(H,58,59)/t42-,45?,46-,47?,48?,49?,50?/m1/s1. The molecule has 64 heavy (non-hydrogen) atoms. The average molecular weight is 937 g/mol. The second-order valence-corrected chi connectivity index (χ2v) is 20.2. The second kappa shape index (κ2) is 40.9. The first kappa shape index (κ1) is 60.9. The Labute approximate surface area is 389 Å². The quantitative estimate of drug-likeness (QED) is 0.0191. The molecule has 0 radical (unpaired) electrons. The van der Waals surface area contributed by atoms with E-state index in [0.717, 1.165) is 38.5 Å². The van der Waals surface area contributed by atoms with E-state index in [9.17, 15) is 44.6 Å². The number of hydrogen-bond acceptors (Lipinski definition) is 12. The van der Waals surface area contributed by atoms with Crippen LogP contribution < -0.4 is 0 Å². The number of rotatable bonds is 45. The summed E-state index contributed by atoms with van der Waals surface area (Å²) >= 11 is 0. The maximum absolute atomic E-state index is 12.8. The number of aliphatic hydroxyl groups excluding tert-OH is 5. The Balaban J connectivity index is 2.37. The topological polar surface area (TPSA) is 210 Å². The van der Waals surface area contributed by atoms with Gasteiger partial charge in [0.05, 0.1) is 6.61 Å². The van der Waals surface area contributed by atoms with Crippen LogP contribution in [-0.2, 0) is 32.7 Å². The highest BCUT2D eigenvalue weighted by Gasteiger charge is 2.51. The molecule has 1 fully saturated rings. The number of carbonyl (C=O) groups is 2. The summed E-state index contributed by atoms with van der Waals surface area (Å²) in [6.45, 7) is 3.35. The normalized spacial score (nSPS) is 21.4. The Hall–Kier alpha value is -1.15. The van der Waals surface area contributed by atoms with Gasteiger partial charge >= 0.3 is 19.8 Å². The summed E-state index contributed by atoms with van der Waals surface area (Å²) in [7, 11) is -5.11. The summed E-state index contributed by atoms with van der Waals surface area (Å²) in [4.78, 5) is 35.8. The number of phosphoric acid groups is 1. The van der Waals surface area contributed by atoms with Crippen molar-refractivity contribution < 1.29 is 63.1 Å². The fourth-order valence-corrected chi connectivity index (χ4v) is 9.44. The van der Waals surface area contributed by atoms with Crippen LogP contribution in [0.25, 0.3) is 0 Å². The zero-order valence-corrected chi connectivity index (χ0v) is 41.5. The van der Waals surface area contributed by atoms with Crippen molar-refractivity contribution in [1.82, 2.24) is 0 Å². The van der Waals surface area contributed by atoms with Gasteiger partial charge in [-0.3, -0.25) is 18.6 Å². The lowest BCUT2D eigenvalue weighted by molar-refractivity contribution is -0.220. The first-order valence-corrected chi connectivity index (χ1v) is 27.8. The molecule has 6 unspecified atom stereocenters. The van der Waals surface area contributed by atoms with Crippen molar-refractivity contribution >= 4 is 19.8 Å². The number of aliphatic hydroxyl groups is 5. The average Bonchev–Trinajstić information content (AvgIpc) is 3.28. The molecule has 380 valence electrons. The van der Waals surface area contributed by atoms with Gasteiger partial charge in [0, 0.05) is 12.8 Å². The summed E-state index contributed by atoms with van der Waals surface area (Å²) in [5.41, 5.74) is 0. The third kappa shape index (κ3) is 32.5. The summed E-state index contributed by atoms with van der Waals surface area (Å²) in [6, 6.07) is 0. The Morgan fingerprint density at radius 2 is 0.703 bits per heavy atom. The Bertz CT molecular complexity index is 1130. The number of esters is 2. The van der Waals surface area contributed by atoms with E-state index in [0.29, 0.717) is 12.8 Å². The van der Waals surface area contributed by atoms with E-state index >= 15 is 0 Å². The molecular formula is C50H97O13P. The molecule has 1 aliphatic rings. The molecule has 0 spiro atoms. The maximum Gasteiger partial charge on any atom is 0.472 e. The lowest BCUT2D eigenvalue weighted by Crippen LogP contribution is -2.64. The molecule has 14 heteroatoms. The number of carbonyl (C=O) groups excluding carboxylic acids is 2. The van der Waals surface area contributed by atoms with Crippen molar-refractivity contribution in [1.29, 1.82) is 0 Å². The van der Waals surface area contributed by atoms with Gasteiger partial charge < -0.3 is 39.9 Å². The second-order valence-electron chi connectivity index (χ2n) is 18.7. The van der Waals surface area contributed by atoms with Crippen molar-refractivity contribution in [3.8, 4) is 0 Å². The molecule has 0 aliphatic heterocycles. The highest BCUT2D eigenvalue weighted by molar-refractivity contribution is 7.47. The van der Waals surface area contributed by atoms with E-state index in [1.807, 2.05) is 0 Å².